The van der Waals surface area contributed by atoms with Gasteiger partial charge < -0.3 is 15.0 Å². The molecular formula is C10H11F3N2OS. The van der Waals surface area contributed by atoms with Crippen molar-refractivity contribution < 1.29 is 17.9 Å². The number of hydrogen-bond acceptors (Lipinski definition) is 2. The average molecular weight is 264 g/mol. The fourth-order valence-electron chi connectivity index (χ4n) is 1.16. The van der Waals surface area contributed by atoms with E-state index in [1.807, 2.05) is 0 Å². The van der Waals surface area contributed by atoms with Crippen molar-refractivity contribution in [2.24, 2.45) is 0 Å². The van der Waals surface area contributed by atoms with Gasteiger partial charge in [-0.2, -0.15) is 0 Å². The van der Waals surface area contributed by atoms with Gasteiger partial charge in [0, 0.05) is 19.8 Å². The topological polar surface area (TPSA) is 24.5 Å². The van der Waals surface area contributed by atoms with Crippen LogP contribution in [0.25, 0.3) is 0 Å². The number of halogens is 3. The van der Waals surface area contributed by atoms with Crippen molar-refractivity contribution in [1.29, 1.82) is 0 Å². The molecule has 0 fully saturated rings. The minimum Gasteiger partial charge on any atom is -0.406 e. The first-order chi connectivity index (χ1) is 7.83. The van der Waals surface area contributed by atoms with Crippen LogP contribution >= 0.6 is 12.2 Å². The second kappa shape index (κ2) is 5.22. The quantitative estimate of drug-likeness (QED) is 0.830. The maximum Gasteiger partial charge on any atom is 0.573 e. The Morgan fingerprint density at radius 2 is 1.82 bits per heavy atom. The lowest BCUT2D eigenvalue weighted by Gasteiger charge is -2.19. The first kappa shape index (κ1) is 13.6. The standard InChI is InChI=1S/C10H11F3N2OS/c1-14-9(17)15(2)7-3-5-8(6-4-7)16-10(11,12)13/h3-6H,1-2H3,(H,14,17). The molecule has 0 radical (unpaired) electrons. The highest BCUT2D eigenvalue weighted by Crippen LogP contribution is 2.24. The normalized spacial score (nSPS) is 10.9. The number of nitrogens with zero attached hydrogens (tertiary/aromatic N) is 1. The van der Waals surface area contributed by atoms with Crippen LogP contribution in [0.4, 0.5) is 18.9 Å². The largest absolute Gasteiger partial charge is 0.573 e. The summed E-state index contributed by atoms with van der Waals surface area (Å²) in [6, 6.07) is 5.45. The Balaban J connectivity index is 2.78. The Hall–Kier alpha value is -1.50. The fraction of sp³-hybridized carbons (Fsp3) is 0.300. The molecule has 0 saturated carbocycles. The number of benzene rings is 1. The molecule has 0 unspecified atom stereocenters. The van der Waals surface area contributed by atoms with Gasteiger partial charge in [0.2, 0.25) is 0 Å². The molecule has 0 bridgehead atoms. The monoisotopic (exact) mass is 264 g/mol. The molecule has 0 atom stereocenters. The lowest BCUT2D eigenvalue weighted by molar-refractivity contribution is -0.274. The van der Waals surface area contributed by atoms with Crippen molar-refractivity contribution in [1.82, 2.24) is 5.32 Å². The summed E-state index contributed by atoms with van der Waals surface area (Å²) in [5, 5.41) is 3.23. The molecule has 0 aliphatic heterocycles. The van der Waals surface area contributed by atoms with E-state index in [1.165, 1.54) is 24.3 Å². The summed E-state index contributed by atoms with van der Waals surface area (Å²) >= 11 is 4.98. The van der Waals surface area contributed by atoms with Crippen molar-refractivity contribution in [3.05, 3.63) is 24.3 Å². The zero-order valence-corrected chi connectivity index (χ0v) is 10.0. The van der Waals surface area contributed by atoms with Crippen LogP contribution in [0.2, 0.25) is 0 Å². The molecule has 1 N–H and O–H groups in total. The number of ether oxygens (including phenoxy) is 1. The van der Waals surface area contributed by atoms with Crippen molar-refractivity contribution in [3.8, 4) is 5.75 Å². The lowest BCUT2D eigenvalue weighted by Crippen LogP contribution is -2.34. The van der Waals surface area contributed by atoms with Crippen LogP contribution in [0.5, 0.6) is 5.75 Å². The summed E-state index contributed by atoms with van der Waals surface area (Å²) in [5.41, 5.74) is 0.666. The Morgan fingerprint density at radius 3 is 2.24 bits per heavy atom. The molecule has 0 heterocycles. The highest BCUT2D eigenvalue weighted by molar-refractivity contribution is 7.80. The van der Waals surface area contributed by atoms with Crippen molar-refractivity contribution >= 4 is 23.0 Å². The van der Waals surface area contributed by atoms with Crippen LogP contribution in [-0.4, -0.2) is 25.6 Å². The number of alkyl halides is 3. The van der Waals surface area contributed by atoms with E-state index in [0.29, 0.717) is 10.8 Å². The van der Waals surface area contributed by atoms with Gasteiger partial charge in [-0.1, -0.05) is 0 Å². The smallest absolute Gasteiger partial charge is 0.406 e. The Morgan fingerprint density at radius 1 is 1.29 bits per heavy atom. The Kier molecular flexibility index (Phi) is 4.17. The summed E-state index contributed by atoms with van der Waals surface area (Å²) in [6.07, 6.45) is -4.67. The van der Waals surface area contributed by atoms with Crippen molar-refractivity contribution in [3.63, 3.8) is 0 Å². The number of thiocarbonyl (C=S) groups is 1. The summed E-state index contributed by atoms with van der Waals surface area (Å²) < 4.78 is 39.5. The van der Waals surface area contributed by atoms with E-state index in [4.69, 9.17) is 12.2 Å². The number of nitrogens with one attached hydrogen (secondary N) is 1. The molecule has 0 aliphatic carbocycles. The third kappa shape index (κ3) is 4.10. The minimum absolute atomic E-state index is 0.259. The van der Waals surface area contributed by atoms with E-state index in [9.17, 15) is 13.2 Å². The van der Waals surface area contributed by atoms with Crippen LogP contribution in [0, 0.1) is 0 Å². The molecule has 3 nitrogen and oxygen atoms in total. The molecule has 7 heteroatoms. The molecule has 1 aromatic carbocycles. The predicted octanol–water partition coefficient (Wildman–Crippen LogP) is 2.53. The van der Waals surface area contributed by atoms with Gasteiger partial charge in [0.1, 0.15) is 5.75 Å². The second-order valence-electron chi connectivity index (χ2n) is 3.16. The number of rotatable bonds is 2. The highest BCUT2D eigenvalue weighted by atomic mass is 32.1. The Bertz CT molecular complexity index is 392. The highest BCUT2D eigenvalue weighted by Gasteiger charge is 2.30. The second-order valence-corrected chi connectivity index (χ2v) is 3.54. The zero-order valence-electron chi connectivity index (χ0n) is 9.21. The third-order valence-electron chi connectivity index (χ3n) is 1.98. The third-order valence-corrected chi connectivity index (χ3v) is 2.45. The van der Waals surface area contributed by atoms with Gasteiger partial charge in [-0.05, 0) is 36.5 Å². The van der Waals surface area contributed by atoms with Gasteiger partial charge in [-0.25, -0.2) is 0 Å². The predicted molar refractivity (Wildman–Crippen MR) is 63.2 cm³/mol. The molecule has 0 spiro atoms. The Labute approximate surface area is 102 Å². The molecule has 1 aromatic rings. The van der Waals surface area contributed by atoms with Gasteiger partial charge in [-0.15, -0.1) is 13.2 Å². The lowest BCUT2D eigenvalue weighted by atomic mass is 10.3. The van der Waals surface area contributed by atoms with E-state index in [1.54, 1.807) is 19.0 Å². The zero-order chi connectivity index (χ0) is 13.1. The van der Waals surface area contributed by atoms with Gasteiger partial charge >= 0.3 is 6.36 Å². The molecule has 0 aliphatic rings. The van der Waals surface area contributed by atoms with Crippen molar-refractivity contribution in [2.45, 2.75) is 6.36 Å². The van der Waals surface area contributed by atoms with E-state index in [2.05, 4.69) is 10.1 Å². The SMILES string of the molecule is CNC(=S)N(C)c1ccc(OC(F)(F)F)cc1. The maximum absolute atomic E-state index is 11.9. The van der Waals surface area contributed by atoms with E-state index in [0.717, 1.165) is 0 Å². The molecule has 1 rings (SSSR count). The average Bonchev–Trinajstić information content (AvgIpc) is 2.26. The van der Waals surface area contributed by atoms with Crippen LogP contribution in [0.15, 0.2) is 24.3 Å². The molecule has 94 valence electrons. The van der Waals surface area contributed by atoms with Gasteiger partial charge in [0.25, 0.3) is 0 Å². The molecular weight excluding hydrogens is 253 g/mol. The van der Waals surface area contributed by atoms with E-state index >= 15 is 0 Å². The first-order valence-electron chi connectivity index (χ1n) is 4.65. The van der Waals surface area contributed by atoms with Gasteiger partial charge in [-0.3, -0.25) is 0 Å². The van der Waals surface area contributed by atoms with E-state index in [-0.39, 0.29) is 5.75 Å². The number of hydrogen-bond donors (Lipinski definition) is 1. The summed E-state index contributed by atoms with van der Waals surface area (Å²) in [4.78, 5) is 1.63. The molecule has 0 aromatic heterocycles. The van der Waals surface area contributed by atoms with Gasteiger partial charge in [0.15, 0.2) is 5.11 Å². The summed E-state index contributed by atoms with van der Waals surface area (Å²) in [5.74, 6) is -0.259. The molecule has 0 amide bonds. The van der Waals surface area contributed by atoms with Crippen LogP contribution in [-0.2, 0) is 0 Å². The van der Waals surface area contributed by atoms with Crippen molar-refractivity contribution in [2.75, 3.05) is 19.0 Å². The molecule has 0 saturated heterocycles. The first-order valence-corrected chi connectivity index (χ1v) is 5.05. The molecule has 17 heavy (non-hydrogen) atoms. The minimum atomic E-state index is -4.67. The van der Waals surface area contributed by atoms with Crippen LogP contribution in [0.1, 0.15) is 0 Å². The maximum atomic E-state index is 11.9. The van der Waals surface area contributed by atoms with E-state index < -0.39 is 6.36 Å². The fourth-order valence-corrected chi connectivity index (χ4v) is 1.26. The number of anilines is 1. The summed E-state index contributed by atoms with van der Waals surface area (Å²) in [7, 11) is 3.37. The van der Waals surface area contributed by atoms with Gasteiger partial charge in [0.05, 0.1) is 0 Å². The van der Waals surface area contributed by atoms with Crippen LogP contribution < -0.4 is 15.0 Å². The van der Waals surface area contributed by atoms with Crippen LogP contribution in [0.3, 0.4) is 0 Å². The summed E-state index contributed by atoms with van der Waals surface area (Å²) in [6.45, 7) is 0.